The quantitative estimate of drug-likeness (QED) is 0.559. The molecule has 1 aromatic carbocycles. The number of methoxy groups -OCH3 is 2. The van der Waals surface area contributed by atoms with Gasteiger partial charge in [-0.3, -0.25) is 0 Å². The zero-order valence-corrected chi connectivity index (χ0v) is 12.1. The van der Waals surface area contributed by atoms with Crippen LogP contribution in [0.1, 0.15) is 12.0 Å². The van der Waals surface area contributed by atoms with Gasteiger partial charge in [0.1, 0.15) is 0 Å². The van der Waals surface area contributed by atoms with E-state index in [0.29, 0.717) is 29.7 Å². The molecule has 0 saturated heterocycles. The standard InChI is InChI=1S/C14H20ClNO3/c1-4-19-7-5-6-16-10-11-8-12(15)14(18-3)13(9-11)17-2/h4,8-9,16H,1,5-7,10H2,2-3H3. The van der Waals surface area contributed by atoms with Crippen molar-refractivity contribution in [1.82, 2.24) is 5.32 Å². The van der Waals surface area contributed by atoms with E-state index in [9.17, 15) is 0 Å². The summed E-state index contributed by atoms with van der Waals surface area (Å²) in [6, 6.07) is 3.79. The van der Waals surface area contributed by atoms with E-state index < -0.39 is 0 Å². The minimum Gasteiger partial charge on any atom is -0.502 e. The summed E-state index contributed by atoms with van der Waals surface area (Å²) in [6.07, 6.45) is 2.38. The van der Waals surface area contributed by atoms with E-state index >= 15 is 0 Å². The van der Waals surface area contributed by atoms with Gasteiger partial charge in [-0.2, -0.15) is 0 Å². The molecule has 0 saturated carbocycles. The first-order valence-corrected chi connectivity index (χ1v) is 6.44. The Kier molecular flexibility index (Phi) is 7.15. The summed E-state index contributed by atoms with van der Waals surface area (Å²) in [7, 11) is 3.17. The third-order valence-corrected chi connectivity index (χ3v) is 2.84. The highest BCUT2D eigenvalue weighted by Crippen LogP contribution is 2.35. The second-order valence-corrected chi connectivity index (χ2v) is 4.29. The van der Waals surface area contributed by atoms with Gasteiger partial charge in [0.2, 0.25) is 0 Å². The van der Waals surface area contributed by atoms with Gasteiger partial charge in [0.15, 0.2) is 11.5 Å². The van der Waals surface area contributed by atoms with Gasteiger partial charge in [-0.25, -0.2) is 0 Å². The van der Waals surface area contributed by atoms with Crippen molar-refractivity contribution in [1.29, 1.82) is 0 Å². The first-order valence-electron chi connectivity index (χ1n) is 6.06. The smallest absolute Gasteiger partial charge is 0.179 e. The summed E-state index contributed by atoms with van der Waals surface area (Å²) in [4.78, 5) is 0. The van der Waals surface area contributed by atoms with Gasteiger partial charge in [0.05, 0.1) is 32.1 Å². The van der Waals surface area contributed by atoms with Crippen molar-refractivity contribution >= 4 is 11.6 Å². The highest BCUT2D eigenvalue weighted by atomic mass is 35.5. The zero-order valence-electron chi connectivity index (χ0n) is 11.4. The molecule has 0 aliphatic carbocycles. The van der Waals surface area contributed by atoms with Gasteiger partial charge in [-0.15, -0.1) is 0 Å². The van der Waals surface area contributed by atoms with Gasteiger partial charge in [0.25, 0.3) is 0 Å². The third-order valence-electron chi connectivity index (χ3n) is 2.56. The number of hydrogen-bond acceptors (Lipinski definition) is 4. The number of nitrogens with one attached hydrogen (secondary N) is 1. The lowest BCUT2D eigenvalue weighted by molar-refractivity contribution is 0.244. The number of hydrogen-bond donors (Lipinski definition) is 1. The predicted molar refractivity (Wildman–Crippen MR) is 77.0 cm³/mol. The van der Waals surface area contributed by atoms with Crippen LogP contribution in [-0.2, 0) is 11.3 Å². The van der Waals surface area contributed by atoms with E-state index in [1.54, 1.807) is 14.2 Å². The monoisotopic (exact) mass is 285 g/mol. The number of benzene rings is 1. The molecule has 0 aromatic heterocycles. The predicted octanol–water partition coefficient (Wildman–Crippen LogP) is 3.00. The number of ether oxygens (including phenoxy) is 3. The average molecular weight is 286 g/mol. The SMILES string of the molecule is C=COCCCNCc1cc(Cl)c(OC)c(OC)c1. The third kappa shape index (κ3) is 5.01. The normalized spacial score (nSPS) is 10.1. The highest BCUT2D eigenvalue weighted by molar-refractivity contribution is 6.32. The van der Waals surface area contributed by atoms with Crippen LogP contribution < -0.4 is 14.8 Å². The number of halogens is 1. The average Bonchev–Trinajstić information content (AvgIpc) is 2.42. The Hall–Kier alpha value is -1.39. The van der Waals surface area contributed by atoms with Gasteiger partial charge in [0, 0.05) is 6.54 Å². The molecular weight excluding hydrogens is 266 g/mol. The molecule has 19 heavy (non-hydrogen) atoms. The van der Waals surface area contributed by atoms with E-state index in [2.05, 4.69) is 11.9 Å². The molecule has 1 rings (SSSR count). The molecule has 0 unspecified atom stereocenters. The molecule has 0 amide bonds. The van der Waals surface area contributed by atoms with Crippen LogP contribution in [-0.4, -0.2) is 27.4 Å². The van der Waals surface area contributed by atoms with Crippen LogP contribution in [0.5, 0.6) is 11.5 Å². The van der Waals surface area contributed by atoms with E-state index in [4.69, 9.17) is 25.8 Å². The minimum absolute atomic E-state index is 0.550. The lowest BCUT2D eigenvalue weighted by Crippen LogP contribution is -2.16. The second kappa shape index (κ2) is 8.67. The van der Waals surface area contributed by atoms with Crippen LogP contribution in [0.3, 0.4) is 0 Å². The van der Waals surface area contributed by atoms with Crippen molar-refractivity contribution in [3.8, 4) is 11.5 Å². The Labute approximate surface area is 119 Å². The summed E-state index contributed by atoms with van der Waals surface area (Å²) in [5, 5.41) is 3.86. The lowest BCUT2D eigenvalue weighted by Gasteiger charge is -2.12. The Morgan fingerprint density at radius 2 is 2.11 bits per heavy atom. The van der Waals surface area contributed by atoms with E-state index in [0.717, 1.165) is 18.5 Å². The summed E-state index contributed by atoms with van der Waals surface area (Å²) in [5.74, 6) is 1.20. The molecule has 1 aromatic rings. The first-order chi connectivity index (χ1) is 9.22. The molecular formula is C14H20ClNO3. The van der Waals surface area contributed by atoms with Gasteiger partial charge >= 0.3 is 0 Å². The van der Waals surface area contributed by atoms with Gasteiger partial charge < -0.3 is 19.5 Å². The molecule has 0 radical (unpaired) electrons. The van der Waals surface area contributed by atoms with Crippen molar-refractivity contribution in [3.63, 3.8) is 0 Å². The Morgan fingerprint density at radius 1 is 1.32 bits per heavy atom. The van der Waals surface area contributed by atoms with Crippen molar-refractivity contribution in [2.75, 3.05) is 27.4 Å². The molecule has 0 heterocycles. The molecule has 0 spiro atoms. The fourth-order valence-corrected chi connectivity index (χ4v) is 1.98. The van der Waals surface area contributed by atoms with Crippen LogP contribution in [0.2, 0.25) is 5.02 Å². The highest BCUT2D eigenvalue weighted by Gasteiger charge is 2.10. The van der Waals surface area contributed by atoms with E-state index in [-0.39, 0.29) is 0 Å². The first kappa shape index (κ1) is 15.7. The fourth-order valence-electron chi connectivity index (χ4n) is 1.67. The molecule has 0 fully saturated rings. The summed E-state index contributed by atoms with van der Waals surface area (Å²) in [6.45, 7) is 5.74. The van der Waals surface area contributed by atoms with Crippen LogP contribution in [0, 0.1) is 0 Å². The molecule has 0 bridgehead atoms. The molecule has 0 aliphatic heterocycles. The zero-order chi connectivity index (χ0) is 14.1. The maximum Gasteiger partial charge on any atom is 0.179 e. The maximum atomic E-state index is 6.13. The van der Waals surface area contributed by atoms with Crippen molar-refractivity contribution < 1.29 is 14.2 Å². The molecule has 4 nitrogen and oxygen atoms in total. The Morgan fingerprint density at radius 3 is 2.74 bits per heavy atom. The number of rotatable bonds is 9. The summed E-state index contributed by atoms with van der Waals surface area (Å²) in [5.41, 5.74) is 1.05. The molecule has 1 N–H and O–H groups in total. The van der Waals surface area contributed by atoms with Crippen LogP contribution in [0.25, 0.3) is 0 Å². The summed E-state index contributed by atoms with van der Waals surface area (Å²) < 4.78 is 15.5. The minimum atomic E-state index is 0.550. The molecule has 106 valence electrons. The molecule has 0 atom stereocenters. The topological polar surface area (TPSA) is 39.7 Å². The van der Waals surface area contributed by atoms with E-state index in [1.165, 1.54) is 6.26 Å². The van der Waals surface area contributed by atoms with E-state index in [1.807, 2.05) is 12.1 Å². The maximum absolute atomic E-state index is 6.13. The molecule has 5 heteroatoms. The van der Waals surface area contributed by atoms with Gasteiger partial charge in [-0.05, 0) is 30.7 Å². The van der Waals surface area contributed by atoms with Crippen LogP contribution in [0.4, 0.5) is 0 Å². The van der Waals surface area contributed by atoms with Crippen LogP contribution in [0.15, 0.2) is 25.0 Å². The van der Waals surface area contributed by atoms with Gasteiger partial charge in [-0.1, -0.05) is 18.2 Å². The van der Waals surface area contributed by atoms with Crippen molar-refractivity contribution in [3.05, 3.63) is 35.6 Å². The van der Waals surface area contributed by atoms with Crippen molar-refractivity contribution in [2.24, 2.45) is 0 Å². The Balaban J connectivity index is 2.50. The second-order valence-electron chi connectivity index (χ2n) is 3.88. The largest absolute Gasteiger partial charge is 0.502 e. The van der Waals surface area contributed by atoms with Crippen LogP contribution >= 0.6 is 11.6 Å². The van der Waals surface area contributed by atoms with Crippen molar-refractivity contribution in [2.45, 2.75) is 13.0 Å². The lowest BCUT2D eigenvalue weighted by atomic mass is 10.2. The Bertz CT molecular complexity index is 410. The summed E-state index contributed by atoms with van der Waals surface area (Å²) >= 11 is 6.13. The fraction of sp³-hybridized carbons (Fsp3) is 0.429. The molecule has 0 aliphatic rings.